The molecule has 0 spiro atoms. The predicted octanol–water partition coefficient (Wildman–Crippen LogP) is 4.47. The van der Waals surface area contributed by atoms with E-state index in [9.17, 15) is 10.2 Å². The van der Waals surface area contributed by atoms with Gasteiger partial charge in [0.1, 0.15) is 42.3 Å². The molecule has 3 aromatic carbocycles. The molecule has 2 aliphatic heterocycles. The van der Waals surface area contributed by atoms with Gasteiger partial charge in [-0.15, -0.1) is 0 Å². The van der Waals surface area contributed by atoms with Crippen LogP contribution < -0.4 is 14.4 Å². The number of allylic oxidation sites excluding steroid dienone is 1. The Bertz CT molecular complexity index is 1180. The summed E-state index contributed by atoms with van der Waals surface area (Å²) in [5.74, 6) is 2.74. The third kappa shape index (κ3) is 4.62. The maximum Gasteiger partial charge on any atom is 0.150 e. The summed E-state index contributed by atoms with van der Waals surface area (Å²) >= 11 is 0. The number of ether oxygens (including phenoxy) is 2. The molecular weight excluding hydrogens is 426 g/mol. The van der Waals surface area contributed by atoms with Crippen molar-refractivity contribution in [1.29, 1.82) is 0 Å². The van der Waals surface area contributed by atoms with Crippen molar-refractivity contribution in [3.8, 4) is 23.0 Å². The SMILES string of the molecule is CC1=C(c2ccc(O)cc2)C(c2ccc(OCC[NH+]3CC[C@@H](C)C3)cc2)Oc2cc(O)ccc21. The summed E-state index contributed by atoms with van der Waals surface area (Å²) in [4.78, 5) is 1.63. The van der Waals surface area contributed by atoms with Gasteiger partial charge in [-0.25, -0.2) is 0 Å². The zero-order chi connectivity index (χ0) is 23.7. The first kappa shape index (κ1) is 22.4. The molecule has 3 atom stereocenters. The molecule has 1 fully saturated rings. The summed E-state index contributed by atoms with van der Waals surface area (Å²) in [5, 5.41) is 19.8. The van der Waals surface area contributed by atoms with Crippen molar-refractivity contribution in [1.82, 2.24) is 0 Å². The van der Waals surface area contributed by atoms with Crippen LogP contribution in [0, 0.1) is 5.92 Å². The van der Waals surface area contributed by atoms with Crippen LogP contribution >= 0.6 is 0 Å². The van der Waals surface area contributed by atoms with Gasteiger partial charge in [-0.3, -0.25) is 0 Å². The highest BCUT2D eigenvalue weighted by atomic mass is 16.5. The minimum atomic E-state index is -0.344. The highest BCUT2D eigenvalue weighted by molar-refractivity contribution is 5.95. The van der Waals surface area contributed by atoms with E-state index in [-0.39, 0.29) is 17.6 Å². The van der Waals surface area contributed by atoms with Gasteiger partial charge in [0, 0.05) is 29.5 Å². The fraction of sp³-hybridized carbons (Fsp3) is 0.310. The van der Waals surface area contributed by atoms with Crippen LogP contribution in [0.5, 0.6) is 23.0 Å². The molecule has 2 heterocycles. The average molecular weight is 459 g/mol. The molecule has 5 rings (SSSR count). The lowest BCUT2D eigenvalue weighted by Crippen LogP contribution is -3.10. The molecule has 2 aliphatic rings. The van der Waals surface area contributed by atoms with Gasteiger partial charge in [-0.05, 0) is 60.0 Å². The van der Waals surface area contributed by atoms with E-state index in [1.165, 1.54) is 19.5 Å². The molecule has 1 saturated heterocycles. The first-order valence-electron chi connectivity index (χ1n) is 12.0. The lowest BCUT2D eigenvalue weighted by atomic mass is 9.86. The summed E-state index contributed by atoms with van der Waals surface area (Å²) in [5.41, 5.74) is 5.07. The molecule has 3 aromatic rings. The van der Waals surface area contributed by atoms with Gasteiger partial charge in [0.15, 0.2) is 0 Å². The second kappa shape index (κ2) is 9.43. The highest BCUT2D eigenvalue weighted by Crippen LogP contribution is 2.47. The van der Waals surface area contributed by atoms with Gasteiger partial charge < -0.3 is 24.6 Å². The molecule has 5 nitrogen and oxygen atoms in total. The number of quaternary nitrogens is 1. The van der Waals surface area contributed by atoms with E-state index in [2.05, 4.69) is 13.8 Å². The van der Waals surface area contributed by atoms with Gasteiger partial charge in [0.25, 0.3) is 0 Å². The monoisotopic (exact) mass is 458 g/mol. The van der Waals surface area contributed by atoms with E-state index in [4.69, 9.17) is 9.47 Å². The smallest absolute Gasteiger partial charge is 0.150 e. The molecule has 0 amide bonds. The van der Waals surface area contributed by atoms with Crippen molar-refractivity contribution in [3.05, 3.63) is 83.4 Å². The largest absolute Gasteiger partial charge is 0.508 e. The second-order valence-electron chi connectivity index (χ2n) is 9.53. The van der Waals surface area contributed by atoms with Crippen molar-refractivity contribution in [3.63, 3.8) is 0 Å². The average Bonchev–Trinajstić information content (AvgIpc) is 3.25. The van der Waals surface area contributed by atoms with Crippen LogP contribution in [0.15, 0.2) is 66.7 Å². The lowest BCUT2D eigenvalue weighted by molar-refractivity contribution is -0.888. The number of rotatable bonds is 6. The highest BCUT2D eigenvalue weighted by Gasteiger charge is 2.29. The molecule has 0 bridgehead atoms. The third-order valence-electron chi connectivity index (χ3n) is 6.99. The summed E-state index contributed by atoms with van der Waals surface area (Å²) in [6.07, 6.45) is 0.964. The van der Waals surface area contributed by atoms with Crippen LogP contribution in [0.1, 0.15) is 43.1 Å². The maximum absolute atomic E-state index is 10.0. The lowest BCUT2D eigenvalue weighted by Gasteiger charge is -2.31. The van der Waals surface area contributed by atoms with Gasteiger partial charge in [-0.1, -0.05) is 31.2 Å². The number of fused-ring (bicyclic) bond motifs is 1. The van der Waals surface area contributed by atoms with Crippen molar-refractivity contribution in [2.75, 3.05) is 26.2 Å². The number of likely N-dealkylation sites (tertiary alicyclic amines) is 1. The van der Waals surface area contributed by atoms with E-state index >= 15 is 0 Å². The van der Waals surface area contributed by atoms with Crippen LogP contribution in [-0.2, 0) is 0 Å². The Balaban J connectivity index is 1.39. The summed E-state index contributed by atoms with van der Waals surface area (Å²) < 4.78 is 12.5. The first-order valence-corrected chi connectivity index (χ1v) is 12.0. The Labute approximate surface area is 200 Å². The second-order valence-corrected chi connectivity index (χ2v) is 9.53. The van der Waals surface area contributed by atoms with Gasteiger partial charge in [0.2, 0.25) is 0 Å². The Morgan fingerprint density at radius 1 is 0.971 bits per heavy atom. The molecular formula is C29H32NO4+. The van der Waals surface area contributed by atoms with Crippen molar-refractivity contribution < 1.29 is 24.6 Å². The molecule has 3 N–H and O–H groups in total. The van der Waals surface area contributed by atoms with E-state index in [0.717, 1.165) is 46.0 Å². The van der Waals surface area contributed by atoms with Gasteiger partial charge in [0.05, 0.1) is 13.1 Å². The van der Waals surface area contributed by atoms with Crippen molar-refractivity contribution in [2.45, 2.75) is 26.4 Å². The van der Waals surface area contributed by atoms with E-state index in [0.29, 0.717) is 12.4 Å². The Kier molecular flexibility index (Phi) is 6.20. The maximum atomic E-state index is 10.0. The Hall–Kier alpha value is -3.44. The van der Waals surface area contributed by atoms with Crippen LogP contribution in [-0.4, -0.2) is 36.5 Å². The summed E-state index contributed by atoms with van der Waals surface area (Å²) in [7, 11) is 0. The minimum absolute atomic E-state index is 0.177. The topological polar surface area (TPSA) is 63.4 Å². The van der Waals surface area contributed by atoms with Crippen molar-refractivity contribution in [2.24, 2.45) is 5.92 Å². The third-order valence-corrected chi connectivity index (χ3v) is 6.99. The Morgan fingerprint density at radius 3 is 2.41 bits per heavy atom. The zero-order valence-electron chi connectivity index (χ0n) is 19.8. The number of phenolic OH excluding ortho intramolecular Hbond substituents is 2. The number of phenols is 2. The molecule has 5 heteroatoms. The number of benzene rings is 3. The van der Waals surface area contributed by atoms with Crippen LogP contribution in [0.3, 0.4) is 0 Å². The number of nitrogens with one attached hydrogen (secondary N) is 1. The van der Waals surface area contributed by atoms with E-state index in [1.54, 1.807) is 29.2 Å². The minimum Gasteiger partial charge on any atom is -0.508 e. The molecule has 0 aromatic heterocycles. The molecule has 0 aliphatic carbocycles. The number of aromatic hydroxyl groups is 2. The van der Waals surface area contributed by atoms with Gasteiger partial charge >= 0.3 is 0 Å². The molecule has 0 saturated carbocycles. The predicted molar refractivity (Wildman–Crippen MR) is 133 cm³/mol. The number of hydrogen-bond acceptors (Lipinski definition) is 4. The molecule has 2 unspecified atom stereocenters. The van der Waals surface area contributed by atoms with Gasteiger partial charge in [-0.2, -0.15) is 0 Å². The van der Waals surface area contributed by atoms with Crippen LogP contribution in [0.4, 0.5) is 0 Å². The van der Waals surface area contributed by atoms with E-state index in [1.807, 2.05) is 42.5 Å². The number of hydrogen-bond donors (Lipinski definition) is 3. The Morgan fingerprint density at radius 2 is 1.71 bits per heavy atom. The zero-order valence-corrected chi connectivity index (χ0v) is 19.8. The first-order chi connectivity index (χ1) is 16.5. The van der Waals surface area contributed by atoms with E-state index < -0.39 is 0 Å². The summed E-state index contributed by atoms with van der Waals surface area (Å²) in [6, 6.07) is 20.5. The quantitative estimate of drug-likeness (QED) is 0.510. The molecule has 176 valence electrons. The molecule has 34 heavy (non-hydrogen) atoms. The van der Waals surface area contributed by atoms with Crippen molar-refractivity contribution >= 4 is 11.1 Å². The van der Waals surface area contributed by atoms with Crippen LogP contribution in [0.25, 0.3) is 11.1 Å². The van der Waals surface area contributed by atoms with Crippen LogP contribution in [0.2, 0.25) is 0 Å². The normalized spacial score (nSPS) is 21.8. The molecule has 0 radical (unpaired) electrons. The summed E-state index contributed by atoms with van der Waals surface area (Å²) in [6.45, 7) is 8.63. The standard InChI is InChI=1S/C29H31NO4/c1-19-13-14-30(18-19)15-16-33-25-10-5-22(6-11-25)29-28(21-3-7-23(31)8-4-21)20(2)26-12-9-24(32)17-27(26)34-29/h3-12,17,19,29,31-32H,13-16,18H2,1-2H3/p+1/t19-,29?/m1/s1. The fourth-order valence-electron chi connectivity index (χ4n) is 5.12. The fourth-order valence-corrected chi connectivity index (χ4v) is 5.12.